The maximum atomic E-state index is 9.46. The van der Waals surface area contributed by atoms with Crippen LogP contribution in [0.5, 0.6) is 5.75 Å². The van der Waals surface area contributed by atoms with Crippen molar-refractivity contribution in [3.05, 3.63) is 70.6 Å². The molecular formula is C19H12Cl2N2O2. The van der Waals surface area contributed by atoms with Gasteiger partial charge in [-0.2, -0.15) is 5.26 Å². The third-order valence-corrected chi connectivity index (χ3v) is 3.88. The molecular weight excluding hydrogens is 359 g/mol. The van der Waals surface area contributed by atoms with E-state index in [-0.39, 0.29) is 11.5 Å². The van der Waals surface area contributed by atoms with Crippen LogP contribution in [0.3, 0.4) is 0 Å². The molecule has 124 valence electrons. The van der Waals surface area contributed by atoms with Crippen molar-refractivity contribution in [2.24, 2.45) is 0 Å². The molecule has 0 atom stereocenters. The second-order valence-corrected chi connectivity index (χ2v) is 5.88. The highest BCUT2D eigenvalue weighted by molar-refractivity contribution is 6.37. The summed E-state index contributed by atoms with van der Waals surface area (Å²) in [4.78, 5) is 4.32. The molecule has 3 aromatic rings. The maximum absolute atomic E-state index is 9.46. The number of hydrogen-bond donors (Lipinski definition) is 0. The lowest BCUT2D eigenvalue weighted by Crippen LogP contribution is -1.95. The van der Waals surface area contributed by atoms with Gasteiger partial charge in [-0.15, -0.1) is 0 Å². The zero-order chi connectivity index (χ0) is 17.8. The fraction of sp³-hybridized carbons (Fsp3) is 0.0526. The number of benzene rings is 2. The van der Waals surface area contributed by atoms with Crippen LogP contribution in [0.25, 0.3) is 22.7 Å². The molecule has 6 heteroatoms. The Morgan fingerprint density at radius 3 is 2.64 bits per heavy atom. The van der Waals surface area contributed by atoms with Crippen molar-refractivity contribution >= 4 is 46.0 Å². The number of nitrogens with zero attached hydrogens (tertiary/aromatic N) is 2. The number of nitriles is 1. The summed E-state index contributed by atoms with van der Waals surface area (Å²) >= 11 is 12.4. The van der Waals surface area contributed by atoms with Crippen molar-refractivity contribution in [1.29, 1.82) is 5.26 Å². The van der Waals surface area contributed by atoms with E-state index < -0.39 is 0 Å². The van der Waals surface area contributed by atoms with Gasteiger partial charge < -0.3 is 9.15 Å². The van der Waals surface area contributed by atoms with Gasteiger partial charge in [0.05, 0.1) is 10.0 Å². The molecule has 2 aromatic carbocycles. The van der Waals surface area contributed by atoms with E-state index in [0.29, 0.717) is 39.1 Å². The predicted octanol–water partition coefficient (Wildman–Crippen LogP) is 5.76. The van der Waals surface area contributed by atoms with Crippen LogP contribution < -0.4 is 4.74 Å². The molecule has 0 aliphatic rings. The van der Waals surface area contributed by atoms with E-state index >= 15 is 0 Å². The van der Waals surface area contributed by atoms with Crippen LogP contribution in [0.1, 0.15) is 11.5 Å². The molecule has 1 heterocycles. The Bertz CT molecular complexity index is 960. The number of oxazole rings is 1. The minimum atomic E-state index is 0.239. The smallest absolute Gasteiger partial charge is 0.238 e. The van der Waals surface area contributed by atoms with E-state index in [0.717, 1.165) is 0 Å². The van der Waals surface area contributed by atoms with Gasteiger partial charge in [-0.1, -0.05) is 48.0 Å². The van der Waals surface area contributed by atoms with Gasteiger partial charge in [0.15, 0.2) is 11.3 Å². The zero-order valence-electron chi connectivity index (χ0n) is 13.0. The SMILES string of the molecule is C=CCOc1c(Cl)cc(/C=C(\C#N)c2nc3ccccc3o2)cc1Cl. The Morgan fingerprint density at radius 1 is 1.28 bits per heavy atom. The second-order valence-electron chi connectivity index (χ2n) is 5.07. The third kappa shape index (κ3) is 3.69. The Balaban J connectivity index is 2.00. The average Bonchev–Trinajstić information content (AvgIpc) is 3.03. The Morgan fingerprint density at radius 2 is 2.00 bits per heavy atom. The molecule has 3 rings (SSSR count). The molecule has 25 heavy (non-hydrogen) atoms. The van der Waals surface area contributed by atoms with Crippen LogP contribution in [0, 0.1) is 11.3 Å². The second kappa shape index (κ2) is 7.43. The van der Waals surface area contributed by atoms with Gasteiger partial charge in [0.25, 0.3) is 0 Å². The largest absolute Gasteiger partial charge is 0.486 e. The molecule has 0 saturated heterocycles. The molecule has 0 radical (unpaired) electrons. The zero-order valence-corrected chi connectivity index (χ0v) is 14.5. The van der Waals surface area contributed by atoms with Gasteiger partial charge in [0.2, 0.25) is 5.89 Å². The number of hydrogen-bond acceptors (Lipinski definition) is 4. The molecule has 0 bridgehead atoms. The van der Waals surface area contributed by atoms with E-state index in [1.165, 1.54) is 0 Å². The van der Waals surface area contributed by atoms with Gasteiger partial charge in [0.1, 0.15) is 23.8 Å². The Hall–Kier alpha value is -2.74. The van der Waals surface area contributed by atoms with E-state index in [4.69, 9.17) is 32.4 Å². The topological polar surface area (TPSA) is 59.0 Å². The maximum Gasteiger partial charge on any atom is 0.238 e. The Labute approximate surface area is 154 Å². The van der Waals surface area contributed by atoms with Gasteiger partial charge in [0, 0.05) is 0 Å². The number of allylic oxidation sites excluding steroid dienone is 1. The van der Waals surface area contributed by atoms with E-state index in [2.05, 4.69) is 17.6 Å². The minimum absolute atomic E-state index is 0.239. The van der Waals surface area contributed by atoms with Crippen LogP contribution >= 0.6 is 23.2 Å². The number of para-hydroxylation sites is 2. The van der Waals surface area contributed by atoms with Crippen LogP contribution in [0.4, 0.5) is 0 Å². The lowest BCUT2D eigenvalue weighted by Gasteiger charge is -2.09. The summed E-state index contributed by atoms with van der Waals surface area (Å²) in [6.07, 6.45) is 3.21. The number of halogens is 2. The molecule has 1 aromatic heterocycles. The number of aromatic nitrogens is 1. The van der Waals surface area contributed by atoms with Crippen LogP contribution in [0.2, 0.25) is 10.0 Å². The molecule has 0 aliphatic carbocycles. The highest BCUT2D eigenvalue weighted by Gasteiger charge is 2.13. The fourth-order valence-electron chi connectivity index (χ4n) is 2.24. The lowest BCUT2D eigenvalue weighted by atomic mass is 10.1. The van der Waals surface area contributed by atoms with Crippen molar-refractivity contribution in [3.8, 4) is 11.8 Å². The summed E-state index contributed by atoms with van der Waals surface area (Å²) in [6, 6.07) is 12.7. The summed E-state index contributed by atoms with van der Waals surface area (Å²) in [5, 5.41) is 10.1. The summed E-state index contributed by atoms with van der Waals surface area (Å²) in [5.41, 5.74) is 2.20. The summed E-state index contributed by atoms with van der Waals surface area (Å²) in [5.74, 6) is 0.615. The molecule has 0 fully saturated rings. The average molecular weight is 371 g/mol. The molecule has 4 nitrogen and oxygen atoms in total. The van der Waals surface area contributed by atoms with Gasteiger partial charge in [-0.25, -0.2) is 4.98 Å². The first-order valence-corrected chi connectivity index (χ1v) is 8.08. The molecule has 0 unspecified atom stereocenters. The first-order valence-electron chi connectivity index (χ1n) is 7.33. The highest BCUT2D eigenvalue weighted by atomic mass is 35.5. The predicted molar refractivity (Wildman–Crippen MR) is 99.6 cm³/mol. The van der Waals surface area contributed by atoms with Crippen molar-refractivity contribution < 1.29 is 9.15 Å². The minimum Gasteiger partial charge on any atom is -0.486 e. The van der Waals surface area contributed by atoms with Gasteiger partial charge in [-0.05, 0) is 35.9 Å². The lowest BCUT2D eigenvalue weighted by molar-refractivity contribution is 0.363. The van der Waals surface area contributed by atoms with E-state index in [1.807, 2.05) is 18.2 Å². The molecule has 0 aliphatic heterocycles. The van der Waals surface area contributed by atoms with Crippen molar-refractivity contribution in [2.45, 2.75) is 0 Å². The molecule has 0 saturated carbocycles. The monoisotopic (exact) mass is 370 g/mol. The van der Waals surface area contributed by atoms with Crippen molar-refractivity contribution in [1.82, 2.24) is 4.98 Å². The van der Waals surface area contributed by atoms with E-state index in [9.17, 15) is 5.26 Å². The fourth-order valence-corrected chi connectivity index (χ4v) is 2.85. The first kappa shape index (κ1) is 17.1. The summed E-state index contributed by atoms with van der Waals surface area (Å²) in [7, 11) is 0. The van der Waals surface area contributed by atoms with E-state index in [1.54, 1.807) is 30.4 Å². The summed E-state index contributed by atoms with van der Waals surface area (Å²) in [6.45, 7) is 3.87. The normalized spacial score (nSPS) is 11.3. The Kier molecular flexibility index (Phi) is 5.08. The van der Waals surface area contributed by atoms with Crippen LogP contribution in [-0.2, 0) is 0 Å². The first-order chi connectivity index (χ1) is 12.1. The number of rotatable bonds is 5. The third-order valence-electron chi connectivity index (χ3n) is 3.32. The number of ether oxygens (including phenoxy) is 1. The highest BCUT2D eigenvalue weighted by Crippen LogP contribution is 2.35. The molecule has 0 amide bonds. The van der Waals surface area contributed by atoms with Crippen molar-refractivity contribution in [2.75, 3.05) is 6.61 Å². The molecule has 0 spiro atoms. The van der Waals surface area contributed by atoms with Crippen LogP contribution in [0.15, 0.2) is 53.5 Å². The summed E-state index contributed by atoms with van der Waals surface area (Å²) < 4.78 is 11.1. The number of fused-ring (bicyclic) bond motifs is 1. The van der Waals surface area contributed by atoms with Crippen LogP contribution in [-0.4, -0.2) is 11.6 Å². The molecule has 0 N–H and O–H groups in total. The quantitative estimate of drug-likeness (QED) is 0.422. The van der Waals surface area contributed by atoms with Crippen molar-refractivity contribution in [3.63, 3.8) is 0 Å². The standard InChI is InChI=1S/C19H12Cl2N2O2/c1-2-7-24-18-14(20)9-12(10-15(18)21)8-13(11-22)19-23-16-5-3-4-6-17(16)25-19/h2-6,8-10H,1,7H2/b13-8+. The van der Waals surface area contributed by atoms with Gasteiger partial charge in [-0.3, -0.25) is 0 Å². The van der Waals surface area contributed by atoms with Gasteiger partial charge >= 0.3 is 0 Å².